The molecule has 1 rings (SSSR count). The number of aliphatic hydroxyl groups is 1. The van der Waals surface area contributed by atoms with E-state index in [0.717, 1.165) is 12.3 Å². The Morgan fingerprint density at radius 3 is 2.56 bits per heavy atom. The maximum atomic E-state index is 12.1. The Bertz CT molecular complexity index is 463. The van der Waals surface area contributed by atoms with Crippen molar-refractivity contribution in [1.82, 2.24) is 9.78 Å². The second-order valence-corrected chi connectivity index (χ2v) is 4.37. The number of ether oxygens (including phenoxy) is 1. The van der Waals surface area contributed by atoms with Crippen molar-refractivity contribution in [1.29, 1.82) is 0 Å². The molecule has 0 amide bonds. The molecule has 0 spiro atoms. The van der Waals surface area contributed by atoms with E-state index < -0.39 is 23.9 Å². The molecule has 0 aliphatic carbocycles. The lowest BCUT2D eigenvalue weighted by atomic mass is 10.2. The third kappa shape index (κ3) is 4.74. The first-order chi connectivity index (χ1) is 8.08. The summed E-state index contributed by atoms with van der Waals surface area (Å²) in [4.78, 5) is 11.6. The summed E-state index contributed by atoms with van der Waals surface area (Å²) in [6, 6.07) is 1.15. The number of aromatic nitrogens is 2. The van der Waals surface area contributed by atoms with E-state index in [2.05, 4.69) is 5.10 Å². The lowest BCUT2D eigenvalue weighted by molar-refractivity contribution is -0.143. The minimum absolute atomic E-state index is 0.210. The largest absolute Gasteiger partial charge is 0.485 e. The zero-order valence-corrected chi connectivity index (χ0v) is 9.86. The minimum Gasteiger partial charge on any atom is -0.485 e. The van der Waals surface area contributed by atoms with Crippen molar-refractivity contribution in [3.8, 4) is 5.75 Å². The van der Waals surface area contributed by atoms with E-state index in [-0.39, 0.29) is 17.0 Å². The van der Waals surface area contributed by atoms with Gasteiger partial charge in [-0.15, -0.1) is 0 Å². The Morgan fingerprint density at radius 2 is 2.06 bits per heavy atom. The molecule has 0 radical (unpaired) electrons. The van der Waals surface area contributed by atoms with Crippen LogP contribution in [-0.2, 0) is 6.54 Å². The zero-order chi connectivity index (χ0) is 14.0. The van der Waals surface area contributed by atoms with Crippen molar-refractivity contribution in [2.75, 3.05) is 6.61 Å². The van der Waals surface area contributed by atoms with Gasteiger partial charge in [0.2, 0.25) is 0 Å². The summed E-state index contributed by atoms with van der Waals surface area (Å²) < 4.78 is 41.7. The topological polar surface area (TPSA) is 64.3 Å². The fraction of sp³-hybridized carbons (Fsp3) is 0.600. The lowest BCUT2D eigenvalue weighted by Crippen LogP contribution is -2.33. The van der Waals surface area contributed by atoms with Crippen LogP contribution >= 0.6 is 0 Å². The highest BCUT2D eigenvalue weighted by molar-refractivity contribution is 5.14. The molecule has 0 aliphatic heterocycles. The molecule has 0 aromatic carbocycles. The van der Waals surface area contributed by atoms with Gasteiger partial charge in [-0.05, 0) is 13.8 Å². The Morgan fingerprint density at radius 1 is 1.44 bits per heavy atom. The second-order valence-electron chi connectivity index (χ2n) is 4.37. The van der Waals surface area contributed by atoms with Crippen LogP contribution in [0.15, 0.2) is 17.1 Å². The van der Waals surface area contributed by atoms with Crippen molar-refractivity contribution >= 4 is 0 Å². The van der Waals surface area contributed by atoms with Crippen LogP contribution in [0.3, 0.4) is 0 Å². The highest BCUT2D eigenvalue weighted by atomic mass is 19.4. The summed E-state index contributed by atoms with van der Waals surface area (Å²) in [5.41, 5.74) is -2.18. The standard InChI is InChI=1S/C10H13F3N2O3/c1-9(2,17)6-18-7-3-4-14-15(8(7)16)5-10(11,12)13/h3-4,17H,5-6H2,1-2H3. The molecule has 1 aromatic rings. The summed E-state index contributed by atoms with van der Waals surface area (Å²) in [6.07, 6.45) is -3.50. The molecule has 0 unspecified atom stereocenters. The van der Waals surface area contributed by atoms with Crippen LogP contribution in [0.1, 0.15) is 13.8 Å². The van der Waals surface area contributed by atoms with E-state index >= 15 is 0 Å². The van der Waals surface area contributed by atoms with Crippen LogP contribution in [-0.4, -0.2) is 33.3 Å². The molecule has 0 saturated heterocycles. The fourth-order valence-corrected chi connectivity index (χ4v) is 1.08. The number of rotatable bonds is 4. The first-order valence-electron chi connectivity index (χ1n) is 5.06. The number of hydrogen-bond donors (Lipinski definition) is 1. The molecule has 0 aliphatic rings. The molecular formula is C10H13F3N2O3. The number of alkyl halides is 3. The monoisotopic (exact) mass is 266 g/mol. The molecular weight excluding hydrogens is 253 g/mol. The molecule has 8 heteroatoms. The quantitative estimate of drug-likeness (QED) is 0.881. The molecule has 1 aromatic heterocycles. The van der Waals surface area contributed by atoms with Crippen molar-refractivity contribution in [3.63, 3.8) is 0 Å². The van der Waals surface area contributed by atoms with E-state index in [4.69, 9.17) is 4.74 Å². The van der Waals surface area contributed by atoms with Gasteiger partial charge in [0, 0.05) is 6.07 Å². The third-order valence-corrected chi connectivity index (χ3v) is 1.79. The van der Waals surface area contributed by atoms with Gasteiger partial charge < -0.3 is 9.84 Å². The van der Waals surface area contributed by atoms with Crippen molar-refractivity contribution in [2.24, 2.45) is 0 Å². The Balaban J connectivity index is 2.89. The number of nitrogens with zero attached hydrogens (tertiary/aromatic N) is 2. The fourth-order valence-electron chi connectivity index (χ4n) is 1.08. The highest BCUT2D eigenvalue weighted by Gasteiger charge is 2.29. The lowest BCUT2D eigenvalue weighted by Gasteiger charge is -2.17. The number of hydrogen-bond acceptors (Lipinski definition) is 4. The van der Waals surface area contributed by atoms with Crippen LogP contribution in [0.4, 0.5) is 13.2 Å². The molecule has 0 bridgehead atoms. The molecule has 1 N–H and O–H groups in total. The van der Waals surface area contributed by atoms with Gasteiger partial charge in [-0.25, -0.2) is 4.68 Å². The molecule has 5 nitrogen and oxygen atoms in total. The van der Waals surface area contributed by atoms with Gasteiger partial charge in [-0.2, -0.15) is 18.3 Å². The van der Waals surface area contributed by atoms with Gasteiger partial charge in [0.25, 0.3) is 0 Å². The molecule has 0 atom stereocenters. The van der Waals surface area contributed by atoms with E-state index in [1.165, 1.54) is 13.8 Å². The van der Waals surface area contributed by atoms with Crippen LogP contribution in [0.25, 0.3) is 0 Å². The van der Waals surface area contributed by atoms with Gasteiger partial charge in [-0.1, -0.05) is 0 Å². The predicted octanol–water partition coefficient (Wildman–Crippen LogP) is 0.955. The van der Waals surface area contributed by atoms with Crippen LogP contribution in [0.2, 0.25) is 0 Å². The molecule has 1 heterocycles. The average molecular weight is 266 g/mol. The Kier molecular flexibility index (Phi) is 4.00. The van der Waals surface area contributed by atoms with Gasteiger partial charge in [0.15, 0.2) is 5.75 Å². The molecule has 102 valence electrons. The number of halogens is 3. The van der Waals surface area contributed by atoms with Gasteiger partial charge >= 0.3 is 11.7 Å². The van der Waals surface area contributed by atoms with Crippen molar-refractivity contribution < 1.29 is 23.0 Å². The SMILES string of the molecule is CC(C)(O)COc1ccnn(CC(F)(F)F)c1=O. The van der Waals surface area contributed by atoms with Crippen LogP contribution in [0, 0.1) is 0 Å². The minimum atomic E-state index is -4.54. The highest BCUT2D eigenvalue weighted by Crippen LogP contribution is 2.16. The zero-order valence-electron chi connectivity index (χ0n) is 9.86. The maximum absolute atomic E-state index is 12.1. The predicted molar refractivity (Wildman–Crippen MR) is 56.3 cm³/mol. The van der Waals surface area contributed by atoms with Gasteiger partial charge in [0.1, 0.15) is 13.2 Å². The first kappa shape index (κ1) is 14.5. The Hall–Kier alpha value is -1.57. The summed E-state index contributed by atoms with van der Waals surface area (Å²) in [6.45, 7) is 1.20. The van der Waals surface area contributed by atoms with E-state index in [0.29, 0.717) is 0 Å². The Labute approximate surface area is 101 Å². The smallest absolute Gasteiger partial charge is 0.408 e. The summed E-state index contributed by atoms with van der Waals surface area (Å²) in [5.74, 6) is -0.281. The molecule has 18 heavy (non-hydrogen) atoms. The summed E-state index contributed by atoms with van der Waals surface area (Å²) in [7, 11) is 0. The van der Waals surface area contributed by atoms with E-state index in [9.17, 15) is 23.1 Å². The first-order valence-corrected chi connectivity index (χ1v) is 5.06. The van der Waals surface area contributed by atoms with Crippen LogP contribution < -0.4 is 10.3 Å². The van der Waals surface area contributed by atoms with Crippen LogP contribution in [0.5, 0.6) is 5.75 Å². The van der Waals surface area contributed by atoms with Gasteiger partial charge in [-0.3, -0.25) is 4.79 Å². The molecule has 0 saturated carbocycles. The average Bonchev–Trinajstić information content (AvgIpc) is 2.16. The molecule has 0 fully saturated rings. The summed E-state index contributed by atoms with van der Waals surface area (Å²) in [5, 5.41) is 12.7. The van der Waals surface area contributed by atoms with Crippen molar-refractivity contribution in [2.45, 2.75) is 32.2 Å². The second kappa shape index (κ2) is 4.97. The van der Waals surface area contributed by atoms with Crippen molar-refractivity contribution in [3.05, 3.63) is 22.6 Å². The third-order valence-electron chi connectivity index (χ3n) is 1.79. The summed E-state index contributed by atoms with van der Waals surface area (Å²) >= 11 is 0. The van der Waals surface area contributed by atoms with E-state index in [1.807, 2.05) is 0 Å². The van der Waals surface area contributed by atoms with E-state index in [1.54, 1.807) is 0 Å². The maximum Gasteiger partial charge on any atom is 0.408 e. The van der Waals surface area contributed by atoms with Gasteiger partial charge in [0.05, 0.1) is 11.8 Å². The normalized spacial score (nSPS) is 12.6.